The normalized spacial score (nSPS) is 11.0. The Morgan fingerprint density at radius 3 is 2.17 bits per heavy atom. The monoisotopic (exact) mass is 274 g/mol. The molecule has 1 aromatic rings. The Hall–Kier alpha value is -2.00. The minimum Gasteiger partial charge on any atom is -0.272 e. The number of hydrogen-bond donors (Lipinski definition) is 0. The molecule has 0 saturated heterocycles. The molecular formula is C9H10N2O6S. The van der Waals surface area contributed by atoms with E-state index in [4.69, 9.17) is 0 Å². The molecule has 0 saturated carbocycles. The lowest BCUT2D eigenvalue weighted by Gasteiger charge is -2.17. The standard InChI is InChI=1S/C9H10N2O6S/c1-7(12)10(17-18(2,15)16)8-3-5-9(6-4-8)11(13)14/h3-6H,1-2H3. The average molecular weight is 274 g/mol. The zero-order valence-electron chi connectivity index (χ0n) is 9.56. The molecule has 0 aliphatic carbocycles. The maximum atomic E-state index is 11.2. The molecule has 98 valence electrons. The van der Waals surface area contributed by atoms with Crippen molar-refractivity contribution in [3.05, 3.63) is 34.4 Å². The maximum Gasteiger partial charge on any atom is 0.285 e. The molecule has 0 N–H and O–H groups in total. The van der Waals surface area contributed by atoms with Crippen LogP contribution in [0.15, 0.2) is 24.3 Å². The largest absolute Gasteiger partial charge is 0.285 e. The number of nitrogens with zero attached hydrogens (tertiary/aromatic N) is 2. The lowest BCUT2D eigenvalue weighted by atomic mass is 10.3. The molecule has 1 aromatic carbocycles. The van der Waals surface area contributed by atoms with Crippen molar-refractivity contribution in [2.75, 3.05) is 11.3 Å². The molecule has 18 heavy (non-hydrogen) atoms. The fourth-order valence-corrected chi connectivity index (χ4v) is 1.58. The molecule has 1 amide bonds. The molecule has 0 radical (unpaired) electrons. The first-order valence-corrected chi connectivity index (χ1v) is 6.47. The summed E-state index contributed by atoms with van der Waals surface area (Å²) in [6.45, 7) is 1.10. The number of nitro groups is 1. The molecule has 0 atom stereocenters. The second-order valence-electron chi connectivity index (χ2n) is 3.37. The first-order valence-electron chi connectivity index (χ1n) is 4.65. The highest BCUT2D eigenvalue weighted by Gasteiger charge is 2.19. The van der Waals surface area contributed by atoms with Crippen LogP contribution in [0.25, 0.3) is 0 Å². The van der Waals surface area contributed by atoms with Gasteiger partial charge >= 0.3 is 0 Å². The zero-order valence-corrected chi connectivity index (χ0v) is 10.4. The van der Waals surface area contributed by atoms with Crippen LogP contribution in [0.2, 0.25) is 0 Å². The number of carbonyl (C=O) groups excluding carboxylic acids is 1. The molecule has 9 heteroatoms. The van der Waals surface area contributed by atoms with E-state index in [0.29, 0.717) is 5.06 Å². The SMILES string of the molecule is CC(=O)N(OS(C)(=O)=O)c1ccc([N+](=O)[O-])cc1. The Balaban J connectivity index is 3.07. The van der Waals surface area contributed by atoms with Crippen LogP contribution in [0.4, 0.5) is 11.4 Å². The Morgan fingerprint density at radius 2 is 1.83 bits per heavy atom. The Labute approximate surface area is 103 Å². The van der Waals surface area contributed by atoms with Gasteiger partial charge in [0.15, 0.2) is 0 Å². The number of hydrogen-bond acceptors (Lipinski definition) is 6. The third-order valence-electron chi connectivity index (χ3n) is 1.79. The van der Waals surface area contributed by atoms with E-state index in [1.54, 1.807) is 0 Å². The van der Waals surface area contributed by atoms with Crippen LogP contribution in [0.3, 0.4) is 0 Å². The molecule has 8 nitrogen and oxygen atoms in total. The Morgan fingerprint density at radius 1 is 1.33 bits per heavy atom. The number of carbonyl (C=O) groups is 1. The number of hydroxylamine groups is 1. The van der Waals surface area contributed by atoms with E-state index in [-0.39, 0.29) is 11.4 Å². The average Bonchev–Trinajstić information content (AvgIpc) is 2.24. The van der Waals surface area contributed by atoms with Gasteiger partial charge in [0.05, 0.1) is 16.9 Å². The molecular weight excluding hydrogens is 264 g/mol. The fourth-order valence-electron chi connectivity index (χ4n) is 1.12. The number of anilines is 1. The summed E-state index contributed by atoms with van der Waals surface area (Å²) in [6, 6.07) is 4.70. The van der Waals surface area contributed by atoms with Crippen LogP contribution in [-0.2, 0) is 19.2 Å². The van der Waals surface area contributed by atoms with Gasteiger partial charge < -0.3 is 0 Å². The van der Waals surface area contributed by atoms with Gasteiger partial charge in [0, 0.05) is 19.1 Å². The van der Waals surface area contributed by atoms with E-state index in [2.05, 4.69) is 4.28 Å². The van der Waals surface area contributed by atoms with Gasteiger partial charge in [-0.3, -0.25) is 14.9 Å². The number of benzene rings is 1. The third kappa shape index (κ3) is 3.79. The quantitative estimate of drug-likeness (QED) is 0.594. The predicted molar refractivity (Wildman–Crippen MR) is 62.2 cm³/mol. The number of amides is 1. The number of rotatable bonds is 4. The summed E-state index contributed by atoms with van der Waals surface area (Å²) in [5.41, 5.74) is -0.0971. The van der Waals surface area contributed by atoms with Crippen molar-refractivity contribution in [2.24, 2.45) is 0 Å². The second-order valence-corrected chi connectivity index (χ2v) is 4.92. The highest BCUT2D eigenvalue weighted by atomic mass is 32.2. The first kappa shape index (κ1) is 14.1. The molecule has 0 aliphatic rings. The van der Waals surface area contributed by atoms with E-state index >= 15 is 0 Å². The van der Waals surface area contributed by atoms with Crippen LogP contribution < -0.4 is 5.06 Å². The summed E-state index contributed by atoms with van der Waals surface area (Å²) in [6.07, 6.45) is 0.786. The topological polar surface area (TPSA) is 107 Å². The lowest BCUT2D eigenvalue weighted by molar-refractivity contribution is -0.384. The molecule has 0 bridgehead atoms. The highest BCUT2D eigenvalue weighted by Crippen LogP contribution is 2.20. The van der Waals surface area contributed by atoms with Gasteiger partial charge in [0.25, 0.3) is 15.8 Å². The van der Waals surface area contributed by atoms with Crippen molar-refractivity contribution in [3.8, 4) is 0 Å². The van der Waals surface area contributed by atoms with Crippen molar-refractivity contribution in [3.63, 3.8) is 0 Å². The maximum absolute atomic E-state index is 11.2. The number of non-ortho nitro benzene ring substituents is 1. The Bertz CT molecular complexity index is 565. The first-order chi connectivity index (χ1) is 8.20. The summed E-state index contributed by atoms with van der Waals surface area (Å²) in [7, 11) is -3.87. The van der Waals surface area contributed by atoms with Crippen molar-refractivity contribution < 1.29 is 22.4 Å². The van der Waals surface area contributed by atoms with Crippen molar-refractivity contribution in [1.82, 2.24) is 0 Å². The van der Waals surface area contributed by atoms with Gasteiger partial charge in [-0.25, -0.2) is 0 Å². The van der Waals surface area contributed by atoms with Crippen molar-refractivity contribution >= 4 is 27.4 Å². The van der Waals surface area contributed by atoms with Gasteiger partial charge in [-0.2, -0.15) is 13.5 Å². The van der Waals surface area contributed by atoms with Gasteiger partial charge in [-0.05, 0) is 12.1 Å². The smallest absolute Gasteiger partial charge is 0.272 e. The summed E-state index contributed by atoms with van der Waals surface area (Å²) >= 11 is 0. The lowest BCUT2D eigenvalue weighted by Crippen LogP contribution is -2.31. The molecule has 0 spiro atoms. The predicted octanol–water partition coefficient (Wildman–Crippen LogP) is 0.839. The van der Waals surface area contributed by atoms with Gasteiger partial charge in [0.2, 0.25) is 5.91 Å². The highest BCUT2D eigenvalue weighted by molar-refractivity contribution is 7.86. The molecule has 0 fully saturated rings. The summed E-state index contributed by atoms with van der Waals surface area (Å²) in [5, 5.41) is 11.0. The van der Waals surface area contributed by atoms with Crippen LogP contribution in [0.1, 0.15) is 6.92 Å². The Kier molecular flexibility index (Phi) is 3.99. The fraction of sp³-hybridized carbons (Fsp3) is 0.222. The molecule has 0 heterocycles. The van der Waals surface area contributed by atoms with Crippen LogP contribution in [-0.4, -0.2) is 25.5 Å². The minimum atomic E-state index is -3.87. The van der Waals surface area contributed by atoms with Crippen LogP contribution >= 0.6 is 0 Å². The van der Waals surface area contributed by atoms with E-state index in [0.717, 1.165) is 25.3 Å². The zero-order chi connectivity index (χ0) is 13.9. The van der Waals surface area contributed by atoms with E-state index in [9.17, 15) is 23.3 Å². The van der Waals surface area contributed by atoms with Gasteiger partial charge in [0.1, 0.15) is 0 Å². The second kappa shape index (κ2) is 5.10. The molecule has 0 aromatic heterocycles. The summed E-state index contributed by atoms with van der Waals surface area (Å²) in [4.78, 5) is 21.1. The molecule has 1 rings (SSSR count). The van der Waals surface area contributed by atoms with Gasteiger partial charge in [-0.1, -0.05) is 0 Å². The van der Waals surface area contributed by atoms with E-state index in [1.165, 1.54) is 12.1 Å². The molecule has 0 unspecified atom stereocenters. The van der Waals surface area contributed by atoms with E-state index < -0.39 is 20.9 Å². The minimum absolute atomic E-state index is 0.0820. The number of nitro benzene ring substituents is 1. The molecule has 0 aliphatic heterocycles. The van der Waals surface area contributed by atoms with Crippen molar-refractivity contribution in [2.45, 2.75) is 6.92 Å². The van der Waals surface area contributed by atoms with Crippen molar-refractivity contribution in [1.29, 1.82) is 0 Å². The van der Waals surface area contributed by atoms with Crippen LogP contribution in [0, 0.1) is 10.1 Å². The van der Waals surface area contributed by atoms with E-state index in [1.807, 2.05) is 0 Å². The third-order valence-corrected chi connectivity index (χ3v) is 2.21. The van der Waals surface area contributed by atoms with Gasteiger partial charge in [-0.15, -0.1) is 4.28 Å². The summed E-state index contributed by atoms with van der Waals surface area (Å²) in [5.74, 6) is -0.672. The summed E-state index contributed by atoms with van der Waals surface area (Å²) < 4.78 is 26.4. The van der Waals surface area contributed by atoms with Crippen LogP contribution in [0.5, 0.6) is 0 Å².